The van der Waals surface area contributed by atoms with Gasteiger partial charge in [-0.05, 0) is 18.2 Å². The molecule has 0 atom stereocenters. The summed E-state index contributed by atoms with van der Waals surface area (Å²) in [6.07, 6.45) is 1.38. The number of nitro benzene ring substituents is 1. The Morgan fingerprint density at radius 1 is 1.07 bits per heavy atom. The van der Waals surface area contributed by atoms with Crippen molar-refractivity contribution in [1.82, 2.24) is 9.99 Å². The van der Waals surface area contributed by atoms with Gasteiger partial charge < -0.3 is 9.67 Å². The molecule has 1 heterocycles. The highest BCUT2D eigenvalue weighted by molar-refractivity contribution is 6.08. The molecule has 1 aromatic heterocycles. The van der Waals surface area contributed by atoms with Crippen LogP contribution in [0.2, 0.25) is 0 Å². The minimum absolute atomic E-state index is 0.145. The number of phenols is 1. The molecule has 2 N–H and O–H groups in total. The number of phenolic OH excluding ortho intramolecular Hbond substituents is 1. The van der Waals surface area contributed by atoms with Crippen LogP contribution in [0.25, 0.3) is 21.8 Å². The minimum Gasteiger partial charge on any atom is -0.507 e. The first-order valence-electron chi connectivity index (χ1n) is 9.30. The Balaban J connectivity index is 1.46. The van der Waals surface area contributed by atoms with Crippen LogP contribution in [-0.4, -0.2) is 26.7 Å². The lowest BCUT2D eigenvalue weighted by Gasteiger charge is -2.06. The number of aromatic nitrogens is 1. The molecule has 8 heteroatoms. The summed E-state index contributed by atoms with van der Waals surface area (Å²) in [4.78, 5) is 22.5. The summed E-state index contributed by atoms with van der Waals surface area (Å²) in [5.41, 5.74) is 4.48. The number of fused-ring (bicyclic) bond motifs is 3. The molecule has 1 amide bonds. The number of carbonyl (C=O) groups excluding carboxylic acids is 1. The van der Waals surface area contributed by atoms with Crippen molar-refractivity contribution < 1.29 is 14.8 Å². The van der Waals surface area contributed by atoms with Crippen molar-refractivity contribution in [2.75, 3.05) is 0 Å². The molecule has 0 radical (unpaired) electrons. The van der Waals surface area contributed by atoms with Crippen molar-refractivity contribution in [3.05, 3.63) is 82.4 Å². The Labute approximate surface area is 171 Å². The smallest absolute Gasteiger partial charge is 0.270 e. The molecule has 0 saturated heterocycles. The maximum absolute atomic E-state index is 12.3. The summed E-state index contributed by atoms with van der Waals surface area (Å²) in [7, 11) is 0. The lowest BCUT2D eigenvalue weighted by Crippen LogP contribution is -2.19. The number of rotatable bonds is 6. The molecule has 0 aliphatic heterocycles. The van der Waals surface area contributed by atoms with Crippen LogP contribution in [0.3, 0.4) is 0 Å². The molecule has 4 rings (SSSR count). The summed E-state index contributed by atoms with van der Waals surface area (Å²) >= 11 is 0. The van der Waals surface area contributed by atoms with E-state index in [0.29, 0.717) is 6.54 Å². The zero-order valence-corrected chi connectivity index (χ0v) is 15.9. The molecule has 0 fully saturated rings. The highest BCUT2D eigenvalue weighted by Crippen LogP contribution is 2.28. The van der Waals surface area contributed by atoms with E-state index < -0.39 is 4.92 Å². The number of nitrogens with zero attached hydrogens (tertiary/aromatic N) is 3. The lowest BCUT2D eigenvalue weighted by molar-refractivity contribution is -0.384. The Morgan fingerprint density at radius 2 is 1.70 bits per heavy atom. The number of hydrogen-bond donors (Lipinski definition) is 2. The number of aromatic hydroxyl groups is 1. The maximum atomic E-state index is 12.3. The van der Waals surface area contributed by atoms with Crippen LogP contribution in [0, 0.1) is 10.1 Å². The first kappa shape index (κ1) is 19.1. The largest absolute Gasteiger partial charge is 0.507 e. The average Bonchev–Trinajstić information content (AvgIpc) is 3.07. The summed E-state index contributed by atoms with van der Waals surface area (Å²) in [5.74, 6) is -0.470. The molecule has 0 aliphatic rings. The third-order valence-corrected chi connectivity index (χ3v) is 4.86. The average molecular weight is 402 g/mol. The van der Waals surface area contributed by atoms with Crippen molar-refractivity contribution in [1.29, 1.82) is 0 Å². The van der Waals surface area contributed by atoms with Crippen LogP contribution in [0.5, 0.6) is 5.75 Å². The van der Waals surface area contributed by atoms with E-state index in [0.717, 1.165) is 21.8 Å². The second-order valence-electron chi connectivity index (χ2n) is 6.73. The van der Waals surface area contributed by atoms with Crippen molar-refractivity contribution in [2.24, 2.45) is 5.10 Å². The molecule has 4 aromatic rings. The number of hydrazone groups is 1. The standard InChI is InChI=1S/C22H18N4O4/c27-21-10-9-16(26(29)30)13-15(21)14-23-24-22(28)11-12-25-19-7-3-1-5-17(19)18-6-2-4-8-20(18)25/h1-10,13-14,27H,11-12H2,(H,24,28). The van der Waals surface area contributed by atoms with Gasteiger partial charge in [0.2, 0.25) is 5.91 Å². The van der Waals surface area contributed by atoms with Gasteiger partial charge in [0.05, 0.1) is 11.1 Å². The van der Waals surface area contributed by atoms with Crippen LogP contribution in [0.4, 0.5) is 5.69 Å². The number of amides is 1. The number of para-hydroxylation sites is 2. The molecular weight excluding hydrogens is 384 g/mol. The minimum atomic E-state index is -0.568. The first-order valence-corrected chi connectivity index (χ1v) is 9.30. The van der Waals surface area contributed by atoms with Gasteiger partial charge in [0.1, 0.15) is 5.75 Å². The topological polar surface area (TPSA) is 110 Å². The molecule has 8 nitrogen and oxygen atoms in total. The van der Waals surface area contributed by atoms with Crippen LogP contribution >= 0.6 is 0 Å². The molecule has 150 valence electrons. The number of nitrogens with one attached hydrogen (secondary N) is 1. The van der Waals surface area contributed by atoms with Crippen LogP contribution in [0.15, 0.2) is 71.8 Å². The van der Waals surface area contributed by atoms with Crippen LogP contribution < -0.4 is 5.43 Å². The quantitative estimate of drug-likeness (QED) is 0.289. The molecule has 0 bridgehead atoms. The number of aryl methyl sites for hydroxylation is 1. The SMILES string of the molecule is O=C(CCn1c2ccccc2c2ccccc21)NN=Cc1cc([N+](=O)[O-])ccc1O. The Bertz CT molecular complexity index is 1240. The van der Waals surface area contributed by atoms with E-state index in [2.05, 4.69) is 27.2 Å². The molecular formula is C22H18N4O4. The number of carbonyl (C=O) groups is 1. The fourth-order valence-corrected chi connectivity index (χ4v) is 3.45. The second kappa shape index (κ2) is 8.04. The zero-order chi connectivity index (χ0) is 21.1. The Kier molecular flexibility index (Phi) is 5.13. The fourth-order valence-electron chi connectivity index (χ4n) is 3.45. The van der Waals surface area contributed by atoms with Crippen molar-refractivity contribution in [2.45, 2.75) is 13.0 Å². The van der Waals surface area contributed by atoms with Gasteiger partial charge >= 0.3 is 0 Å². The molecule has 30 heavy (non-hydrogen) atoms. The van der Waals surface area contributed by atoms with E-state index in [1.807, 2.05) is 36.4 Å². The third kappa shape index (κ3) is 3.70. The van der Waals surface area contributed by atoms with E-state index in [9.17, 15) is 20.0 Å². The van der Waals surface area contributed by atoms with Gasteiger partial charge in [-0.2, -0.15) is 5.10 Å². The summed E-state index contributed by atoms with van der Waals surface area (Å²) < 4.78 is 2.10. The van der Waals surface area contributed by atoms with Gasteiger partial charge in [-0.3, -0.25) is 14.9 Å². The summed E-state index contributed by atoms with van der Waals surface area (Å²) in [5, 5.41) is 26.7. The van der Waals surface area contributed by atoms with E-state index in [1.165, 1.54) is 24.4 Å². The van der Waals surface area contributed by atoms with E-state index in [-0.39, 0.29) is 29.3 Å². The maximum Gasteiger partial charge on any atom is 0.270 e. The normalized spacial score (nSPS) is 11.3. The molecule has 3 aromatic carbocycles. The van der Waals surface area contributed by atoms with Crippen molar-refractivity contribution in [3.63, 3.8) is 0 Å². The zero-order valence-electron chi connectivity index (χ0n) is 15.9. The Morgan fingerprint density at radius 3 is 2.33 bits per heavy atom. The van der Waals surface area contributed by atoms with Crippen LogP contribution in [-0.2, 0) is 11.3 Å². The van der Waals surface area contributed by atoms with Gasteiger partial charge in [0.25, 0.3) is 5.69 Å². The third-order valence-electron chi connectivity index (χ3n) is 4.86. The number of non-ortho nitro benzene ring substituents is 1. The molecule has 0 spiro atoms. The molecule has 0 saturated carbocycles. The predicted molar refractivity (Wildman–Crippen MR) is 115 cm³/mol. The lowest BCUT2D eigenvalue weighted by atomic mass is 10.2. The summed E-state index contributed by atoms with van der Waals surface area (Å²) in [6.45, 7) is 0.470. The summed E-state index contributed by atoms with van der Waals surface area (Å²) in [6, 6.07) is 19.7. The van der Waals surface area contributed by atoms with Crippen molar-refractivity contribution in [3.8, 4) is 5.75 Å². The Hall–Kier alpha value is -4.20. The molecule has 0 unspecified atom stereocenters. The molecule has 0 aliphatic carbocycles. The second-order valence-corrected chi connectivity index (χ2v) is 6.73. The van der Waals surface area contributed by atoms with Crippen LogP contribution in [0.1, 0.15) is 12.0 Å². The highest BCUT2D eigenvalue weighted by atomic mass is 16.6. The van der Waals surface area contributed by atoms with E-state index in [4.69, 9.17) is 0 Å². The first-order chi connectivity index (χ1) is 14.5. The number of hydrogen-bond acceptors (Lipinski definition) is 5. The monoisotopic (exact) mass is 402 g/mol. The van der Waals surface area contributed by atoms with Crippen molar-refractivity contribution >= 4 is 39.6 Å². The van der Waals surface area contributed by atoms with Gasteiger partial charge in [0.15, 0.2) is 0 Å². The number of benzene rings is 3. The van der Waals surface area contributed by atoms with E-state index in [1.54, 1.807) is 0 Å². The van der Waals surface area contributed by atoms with Gasteiger partial charge in [-0.1, -0.05) is 36.4 Å². The van der Waals surface area contributed by atoms with Gasteiger partial charge in [-0.15, -0.1) is 0 Å². The van der Waals surface area contributed by atoms with Gasteiger partial charge in [0, 0.05) is 52.5 Å². The predicted octanol–water partition coefficient (Wildman–Crippen LogP) is 3.95. The fraction of sp³-hybridized carbons (Fsp3) is 0.0909. The van der Waals surface area contributed by atoms with Gasteiger partial charge in [-0.25, -0.2) is 5.43 Å². The highest BCUT2D eigenvalue weighted by Gasteiger charge is 2.11. The number of nitro groups is 1. The van der Waals surface area contributed by atoms with E-state index >= 15 is 0 Å².